The molecule has 6 nitrogen and oxygen atoms in total. The molecule has 6 unspecified atom stereocenters. The maximum Gasteiger partial charge on any atom is 0.0854 e. The van der Waals surface area contributed by atoms with E-state index in [0.717, 1.165) is 77.0 Å². The van der Waals surface area contributed by atoms with E-state index in [2.05, 4.69) is 466 Å². The van der Waals surface area contributed by atoms with Crippen LogP contribution in [0.2, 0.25) is 0 Å². The average Bonchev–Trinajstić information content (AvgIpc) is 1.67. The monoisotopic (exact) mass is 1840 g/mol. The summed E-state index contributed by atoms with van der Waals surface area (Å²) in [6.45, 7) is 0. The lowest BCUT2D eigenvalue weighted by atomic mass is 9.78. The number of hydrogen-bond donors (Lipinski definition) is 0. The molecule has 0 saturated heterocycles. The van der Waals surface area contributed by atoms with Crippen molar-refractivity contribution in [3.05, 3.63) is 605 Å². The van der Waals surface area contributed by atoms with Crippen LogP contribution in [0.1, 0.15) is 180 Å². The highest BCUT2D eigenvalue weighted by atomic mass is 15.2. The average molecular weight is 1840 g/mol. The number of fused-ring (bicyclic) bond motifs is 56. The van der Waals surface area contributed by atoms with Crippen LogP contribution in [0.25, 0.3) is 66.8 Å². The van der Waals surface area contributed by atoms with Gasteiger partial charge >= 0.3 is 0 Å². The Morgan fingerprint density at radius 2 is 0.479 bits per heavy atom. The first-order valence-corrected chi connectivity index (χ1v) is 52.3. The minimum atomic E-state index is 0.311. The van der Waals surface area contributed by atoms with Gasteiger partial charge in [0.1, 0.15) is 0 Å². The zero-order chi connectivity index (χ0) is 94.0. The van der Waals surface area contributed by atoms with Gasteiger partial charge in [0, 0.05) is 114 Å². The lowest BCUT2D eigenvalue weighted by Crippen LogP contribution is -2.36. The molecule has 0 saturated carbocycles. The van der Waals surface area contributed by atoms with Crippen molar-refractivity contribution in [1.29, 1.82) is 0 Å². The van der Waals surface area contributed by atoms with E-state index in [4.69, 9.17) is 0 Å². The molecule has 12 aliphatic heterocycles. The predicted octanol–water partition coefficient (Wildman–Crippen LogP) is 34.0. The Morgan fingerprint density at radius 3 is 1.03 bits per heavy atom. The summed E-state index contributed by atoms with van der Waals surface area (Å²) in [5.74, 6) is 0. The number of anilines is 6. The third-order valence-corrected chi connectivity index (χ3v) is 34.5. The lowest BCUT2D eigenvalue weighted by Gasteiger charge is -2.45. The fourth-order valence-corrected chi connectivity index (χ4v) is 28.9. The molecule has 6 atom stereocenters. The van der Waals surface area contributed by atoms with Gasteiger partial charge in [0.05, 0.1) is 36.3 Å². The summed E-state index contributed by atoms with van der Waals surface area (Å²) < 4.78 is 0. The Kier molecular flexibility index (Phi) is 18.4. The van der Waals surface area contributed by atoms with E-state index in [1.54, 1.807) is 16.7 Å². The van der Waals surface area contributed by atoms with Gasteiger partial charge in [-0.05, 0) is 299 Å². The first-order valence-electron chi connectivity index (χ1n) is 52.3. The van der Waals surface area contributed by atoms with Crippen LogP contribution in [0.4, 0.5) is 34.1 Å². The maximum absolute atomic E-state index is 2.60. The van der Waals surface area contributed by atoms with Crippen molar-refractivity contribution in [1.82, 2.24) is 0 Å². The van der Waals surface area contributed by atoms with Crippen LogP contribution in [0.15, 0.2) is 538 Å². The quantitative estimate of drug-likeness (QED) is 0.150. The Hall–Kier alpha value is -16.8. The molecule has 144 heavy (non-hydrogen) atoms. The third kappa shape index (κ3) is 11.9. The van der Waals surface area contributed by atoms with Crippen molar-refractivity contribution in [2.45, 2.75) is 113 Å². The van der Waals surface area contributed by atoms with Crippen molar-refractivity contribution in [2.24, 2.45) is 0 Å². The van der Waals surface area contributed by atoms with Crippen LogP contribution in [0, 0.1) is 0 Å². The molecular formula is C138H102N6. The number of allylic oxidation sites excluding steroid dienone is 32. The van der Waals surface area contributed by atoms with Crippen molar-refractivity contribution in [2.75, 3.05) is 29.4 Å². The van der Waals surface area contributed by atoms with E-state index in [1.165, 1.54) is 252 Å². The number of rotatable bonds is 0. The summed E-state index contributed by atoms with van der Waals surface area (Å²) >= 11 is 0. The van der Waals surface area contributed by atoms with Crippen molar-refractivity contribution >= 4 is 67.6 Å². The number of hydrogen-bond acceptors (Lipinski definition) is 6. The van der Waals surface area contributed by atoms with Crippen LogP contribution in [0.3, 0.4) is 0 Å². The molecule has 12 aromatic carbocycles. The molecular weight excluding hydrogens is 1740 g/mol. The fourth-order valence-electron chi connectivity index (χ4n) is 28.9. The summed E-state index contributed by atoms with van der Waals surface area (Å²) in [6.07, 6.45) is 68.8. The minimum Gasteiger partial charge on any atom is -0.332 e. The minimum absolute atomic E-state index is 0.311. The lowest BCUT2D eigenvalue weighted by molar-refractivity contribution is 0.732. The molecule has 0 radical (unpaired) electrons. The largest absolute Gasteiger partial charge is 0.332 e. The normalized spacial score (nSPS) is 22.3. The molecule has 12 aliphatic carbocycles. The summed E-state index contributed by atoms with van der Waals surface area (Å²) in [5, 5.41) is 0. The van der Waals surface area contributed by atoms with E-state index in [-0.39, 0.29) is 0 Å². The van der Waals surface area contributed by atoms with Crippen LogP contribution in [-0.2, 0) is 0 Å². The molecule has 0 spiro atoms. The molecule has 0 fully saturated rings. The summed E-state index contributed by atoms with van der Waals surface area (Å²) in [5.41, 5.74) is 68.8. The standard InChI is InChI=1S/6C23H17N/c3*1-2-9-19-15(7-1)18-11-6-14-22(18)24-21-13-4-3-8-17(21)16-10-5-12-20(16)23(19)24;3*1-2-9-19-15(7-1)17-8-3-4-13-21(17)24-22-14-6-11-18(22)16-10-5-12-20(16)23(19)24/h1-4,6-13,23H,5,14H2;1-9,12-14,23H,10-11H2;1-10,13-14,23H,11-12H2;1-4,6-10,12-14,23H,5,11H2;1-9,12-14,23H,10-11H2;1-10,13-14,23H,11-12H2. The molecule has 0 N–H and O–H groups in total. The van der Waals surface area contributed by atoms with E-state index in [0.29, 0.717) is 36.3 Å². The second-order valence-electron chi connectivity index (χ2n) is 41.3. The van der Waals surface area contributed by atoms with Gasteiger partial charge in [0.25, 0.3) is 0 Å². The highest BCUT2D eigenvalue weighted by molar-refractivity contribution is 6.03. The summed E-state index contributed by atoms with van der Waals surface area (Å²) in [7, 11) is 0. The van der Waals surface area contributed by atoms with Gasteiger partial charge in [-0.25, -0.2) is 0 Å². The summed E-state index contributed by atoms with van der Waals surface area (Å²) in [6, 6.07) is 109. The molecule has 24 aliphatic rings. The molecule has 0 amide bonds. The predicted molar refractivity (Wildman–Crippen MR) is 594 cm³/mol. The number of para-hydroxylation sites is 6. The zero-order valence-corrected chi connectivity index (χ0v) is 80.2. The SMILES string of the molecule is C1=CC2=C(C1)C1=C(C=CC1)N1c3ccccc3-c3ccccc3C21.C1=CC2=C(C1)C1=C(CC=C1)C1c3ccccc3-c3ccccc3N21.C1=CC2=C(C1)C1=CCC=C1C1c3ccccc3-c3ccccc3N21.C1=CC2=C(C1)N1c3ccccc3C3=CCC=C3C1c1ccccc12.C1=CC2=C(C1)c1ccccc1C1C3=C(C=CC3)c3ccccc3N21.C1=CC2=C(C1)c1ccccc1C1C3=C(CC=C3)c3ccccc3N21. The van der Waals surface area contributed by atoms with Gasteiger partial charge in [0.15, 0.2) is 0 Å². The zero-order valence-electron chi connectivity index (χ0n) is 80.2. The van der Waals surface area contributed by atoms with Crippen molar-refractivity contribution in [3.8, 4) is 33.4 Å². The smallest absolute Gasteiger partial charge is 0.0854 e. The number of benzene rings is 12. The van der Waals surface area contributed by atoms with Crippen molar-refractivity contribution < 1.29 is 0 Å². The van der Waals surface area contributed by atoms with E-state index >= 15 is 0 Å². The van der Waals surface area contributed by atoms with Crippen LogP contribution >= 0.6 is 0 Å². The Balaban J connectivity index is 0.0000000788. The maximum atomic E-state index is 2.60. The Morgan fingerprint density at radius 1 is 0.174 bits per heavy atom. The highest BCUT2D eigenvalue weighted by Gasteiger charge is 2.50. The van der Waals surface area contributed by atoms with Gasteiger partial charge in [-0.15, -0.1) is 0 Å². The first-order chi connectivity index (χ1) is 71.6. The van der Waals surface area contributed by atoms with Gasteiger partial charge in [-0.3, -0.25) is 0 Å². The first kappa shape index (κ1) is 82.0. The Labute approximate surface area is 842 Å². The number of nitrogens with zero attached hydrogens (tertiary/aromatic N) is 6. The molecule has 0 aromatic heterocycles. The molecule has 12 aromatic rings. The van der Waals surface area contributed by atoms with Gasteiger partial charge in [-0.2, -0.15) is 0 Å². The fraction of sp³-hybridized carbons (Fsp3) is 0.130. The topological polar surface area (TPSA) is 19.4 Å². The second-order valence-corrected chi connectivity index (χ2v) is 41.3. The molecule has 684 valence electrons. The second kappa shape index (κ2) is 32.4. The van der Waals surface area contributed by atoms with Gasteiger partial charge in [-0.1, -0.05) is 370 Å². The van der Waals surface area contributed by atoms with Crippen molar-refractivity contribution in [3.63, 3.8) is 0 Å². The molecule has 6 heteroatoms. The van der Waals surface area contributed by atoms with E-state index in [1.807, 2.05) is 0 Å². The molecule has 0 bridgehead atoms. The Bertz CT molecular complexity index is 8440. The van der Waals surface area contributed by atoms with Crippen LogP contribution in [-0.4, -0.2) is 0 Å². The van der Waals surface area contributed by atoms with Crippen LogP contribution < -0.4 is 29.4 Å². The van der Waals surface area contributed by atoms with Gasteiger partial charge < -0.3 is 29.4 Å². The van der Waals surface area contributed by atoms with E-state index < -0.39 is 0 Å². The molecule has 36 rings (SSSR count). The molecule has 12 heterocycles. The third-order valence-electron chi connectivity index (χ3n) is 34.5. The van der Waals surface area contributed by atoms with Gasteiger partial charge in [0.2, 0.25) is 0 Å². The summed E-state index contributed by atoms with van der Waals surface area (Å²) in [4.78, 5) is 15.5. The van der Waals surface area contributed by atoms with Crippen LogP contribution in [0.5, 0.6) is 0 Å². The van der Waals surface area contributed by atoms with E-state index in [9.17, 15) is 0 Å². The highest BCUT2D eigenvalue weighted by Crippen LogP contribution is 2.65.